The summed E-state index contributed by atoms with van der Waals surface area (Å²) in [6.45, 7) is 0. The predicted octanol–water partition coefficient (Wildman–Crippen LogP) is 3.20. The van der Waals surface area contributed by atoms with Gasteiger partial charge in [-0.1, -0.05) is 5.16 Å². The summed E-state index contributed by atoms with van der Waals surface area (Å²) in [6, 6.07) is 1.90. The molecule has 0 amide bonds. The molecule has 0 spiro atoms. The van der Waals surface area contributed by atoms with E-state index in [1.807, 2.05) is 0 Å². The van der Waals surface area contributed by atoms with E-state index in [9.17, 15) is 18.0 Å². The molecule has 0 bridgehead atoms. The number of carbonyl (C=O) groups excluding carboxylic acids is 1. The molecule has 0 aliphatic heterocycles. The van der Waals surface area contributed by atoms with Crippen molar-refractivity contribution in [1.82, 2.24) is 10.1 Å². The maximum atomic E-state index is 12.4. The average molecular weight is 282 g/mol. The van der Waals surface area contributed by atoms with Gasteiger partial charge in [0.15, 0.2) is 5.76 Å². The van der Waals surface area contributed by atoms with Crippen molar-refractivity contribution in [2.75, 3.05) is 0 Å². The molecule has 0 atom stereocenters. The van der Waals surface area contributed by atoms with Crippen LogP contribution in [0.4, 0.5) is 13.2 Å². The first-order chi connectivity index (χ1) is 9.47. The Bertz CT molecular complexity index is 642. The third kappa shape index (κ3) is 2.31. The normalized spacial score (nSPS) is 15.3. The highest BCUT2D eigenvalue weighted by molar-refractivity contribution is 6.08. The summed E-state index contributed by atoms with van der Waals surface area (Å²) < 4.78 is 42.3. The number of aromatic nitrogens is 2. The maximum Gasteiger partial charge on any atom is 0.417 e. The van der Waals surface area contributed by atoms with E-state index in [0.717, 1.165) is 25.0 Å². The summed E-state index contributed by atoms with van der Waals surface area (Å²) >= 11 is 0. The fourth-order valence-corrected chi connectivity index (χ4v) is 1.89. The topological polar surface area (TPSA) is 56.0 Å². The fourth-order valence-electron chi connectivity index (χ4n) is 1.89. The highest BCUT2D eigenvalue weighted by Gasteiger charge is 2.34. The van der Waals surface area contributed by atoms with Gasteiger partial charge in [0.2, 0.25) is 5.78 Å². The maximum absolute atomic E-state index is 12.4. The summed E-state index contributed by atoms with van der Waals surface area (Å²) in [6.07, 6.45) is -0.677. The second-order valence-electron chi connectivity index (χ2n) is 4.64. The van der Waals surface area contributed by atoms with Crippen LogP contribution in [0, 0.1) is 0 Å². The summed E-state index contributed by atoms with van der Waals surface area (Å²) in [7, 11) is 0. The van der Waals surface area contributed by atoms with Crippen LogP contribution in [0.25, 0.3) is 0 Å². The van der Waals surface area contributed by atoms with Crippen LogP contribution in [0.5, 0.6) is 0 Å². The zero-order valence-electron chi connectivity index (χ0n) is 10.1. The molecule has 4 nitrogen and oxygen atoms in total. The van der Waals surface area contributed by atoms with E-state index in [4.69, 9.17) is 4.52 Å². The molecule has 2 aromatic heterocycles. The van der Waals surface area contributed by atoms with E-state index in [1.54, 1.807) is 0 Å². The Labute approximate surface area is 111 Å². The first-order valence-electron chi connectivity index (χ1n) is 5.99. The van der Waals surface area contributed by atoms with Crippen molar-refractivity contribution in [2.45, 2.75) is 24.9 Å². The smallest absolute Gasteiger partial charge is 0.360 e. The largest absolute Gasteiger partial charge is 0.417 e. The zero-order chi connectivity index (χ0) is 14.3. The van der Waals surface area contributed by atoms with Crippen molar-refractivity contribution in [2.24, 2.45) is 0 Å². The molecule has 0 unspecified atom stereocenters. The minimum absolute atomic E-state index is 0.0527. The van der Waals surface area contributed by atoms with E-state index >= 15 is 0 Å². The quantitative estimate of drug-likeness (QED) is 0.811. The summed E-state index contributed by atoms with van der Waals surface area (Å²) in [5, 5.41) is 3.58. The van der Waals surface area contributed by atoms with Crippen LogP contribution in [0.2, 0.25) is 0 Å². The monoisotopic (exact) mass is 282 g/mol. The van der Waals surface area contributed by atoms with Crippen LogP contribution in [0.3, 0.4) is 0 Å². The van der Waals surface area contributed by atoms with Gasteiger partial charge < -0.3 is 4.52 Å². The van der Waals surface area contributed by atoms with Gasteiger partial charge in [0, 0.05) is 12.1 Å². The number of hydrogen-bond acceptors (Lipinski definition) is 4. The number of pyridine rings is 1. The number of rotatable bonds is 3. The molecule has 1 saturated carbocycles. The summed E-state index contributed by atoms with van der Waals surface area (Å²) in [5.74, 6) is 0.212. The molecular weight excluding hydrogens is 273 g/mol. The van der Waals surface area contributed by atoms with Crippen LogP contribution in [0.1, 0.15) is 46.1 Å². The standard InChI is InChI=1S/C13H9F3N2O2/c14-13(15,16)8-3-4-10(17-5-8)11(19)9-6-18-20-12(9)7-1-2-7/h3-7H,1-2H2. The number of ketones is 1. The third-order valence-electron chi connectivity index (χ3n) is 3.11. The molecule has 7 heteroatoms. The van der Waals surface area contributed by atoms with Gasteiger partial charge in [-0.3, -0.25) is 9.78 Å². The van der Waals surface area contributed by atoms with E-state index in [0.29, 0.717) is 12.0 Å². The second-order valence-corrected chi connectivity index (χ2v) is 4.64. The Balaban J connectivity index is 1.89. The van der Waals surface area contributed by atoms with E-state index in [2.05, 4.69) is 10.1 Å². The number of hydrogen-bond donors (Lipinski definition) is 0. The molecule has 1 fully saturated rings. The van der Waals surface area contributed by atoms with Crippen molar-refractivity contribution in [3.05, 3.63) is 47.1 Å². The SMILES string of the molecule is O=C(c1ccc(C(F)(F)F)cn1)c1cnoc1C1CC1. The van der Waals surface area contributed by atoms with Crippen molar-refractivity contribution in [3.63, 3.8) is 0 Å². The highest BCUT2D eigenvalue weighted by atomic mass is 19.4. The van der Waals surface area contributed by atoms with Gasteiger partial charge in [0.05, 0.1) is 17.3 Å². The molecule has 2 aromatic rings. The Morgan fingerprint density at radius 3 is 2.55 bits per heavy atom. The van der Waals surface area contributed by atoms with Crippen LogP contribution in [-0.2, 0) is 6.18 Å². The lowest BCUT2D eigenvalue weighted by molar-refractivity contribution is -0.137. The summed E-state index contributed by atoms with van der Waals surface area (Å²) in [4.78, 5) is 15.8. The number of carbonyl (C=O) groups is 1. The minimum atomic E-state index is -4.47. The third-order valence-corrected chi connectivity index (χ3v) is 3.11. The Morgan fingerprint density at radius 2 is 2.00 bits per heavy atom. The molecule has 104 valence electrons. The molecule has 1 aliphatic rings. The molecular formula is C13H9F3N2O2. The molecule has 20 heavy (non-hydrogen) atoms. The van der Waals surface area contributed by atoms with Crippen LogP contribution < -0.4 is 0 Å². The molecule has 2 heterocycles. The number of alkyl halides is 3. The summed E-state index contributed by atoms with van der Waals surface area (Å²) in [5.41, 5.74) is -0.662. The van der Waals surface area contributed by atoms with Gasteiger partial charge in [-0.25, -0.2) is 0 Å². The Hall–Kier alpha value is -2.18. The zero-order valence-corrected chi connectivity index (χ0v) is 10.1. The van der Waals surface area contributed by atoms with Gasteiger partial charge in [-0.2, -0.15) is 13.2 Å². The molecule has 0 radical (unpaired) electrons. The van der Waals surface area contributed by atoms with Crippen molar-refractivity contribution < 1.29 is 22.5 Å². The predicted molar refractivity (Wildman–Crippen MR) is 61.1 cm³/mol. The van der Waals surface area contributed by atoms with E-state index < -0.39 is 17.5 Å². The van der Waals surface area contributed by atoms with Crippen molar-refractivity contribution in [1.29, 1.82) is 0 Å². The van der Waals surface area contributed by atoms with Crippen molar-refractivity contribution >= 4 is 5.78 Å². The van der Waals surface area contributed by atoms with E-state index in [1.165, 1.54) is 6.20 Å². The van der Waals surface area contributed by atoms with Gasteiger partial charge in [0.25, 0.3) is 0 Å². The first-order valence-corrected chi connectivity index (χ1v) is 5.99. The fraction of sp³-hybridized carbons (Fsp3) is 0.308. The van der Waals surface area contributed by atoms with Crippen LogP contribution >= 0.6 is 0 Å². The molecule has 0 saturated heterocycles. The minimum Gasteiger partial charge on any atom is -0.360 e. The molecule has 0 N–H and O–H groups in total. The van der Waals surface area contributed by atoms with Gasteiger partial charge in [-0.15, -0.1) is 0 Å². The van der Waals surface area contributed by atoms with Crippen LogP contribution in [-0.4, -0.2) is 15.9 Å². The highest BCUT2D eigenvalue weighted by Crippen LogP contribution is 2.42. The number of nitrogens with zero attached hydrogens (tertiary/aromatic N) is 2. The Morgan fingerprint density at radius 1 is 1.25 bits per heavy atom. The second kappa shape index (κ2) is 4.43. The molecule has 3 rings (SSSR count). The lowest BCUT2D eigenvalue weighted by Gasteiger charge is -2.06. The van der Waals surface area contributed by atoms with Gasteiger partial charge in [-0.05, 0) is 25.0 Å². The molecule has 0 aromatic carbocycles. The lowest BCUT2D eigenvalue weighted by atomic mass is 10.1. The first kappa shape index (κ1) is 12.8. The average Bonchev–Trinajstić information content (AvgIpc) is 3.15. The van der Waals surface area contributed by atoms with E-state index in [-0.39, 0.29) is 17.2 Å². The Kier molecular flexibility index (Phi) is 2.84. The number of halogens is 3. The molecule has 1 aliphatic carbocycles. The van der Waals surface area contributed by atoms with Crippen LogP contribution in [0.15, 0.2) is 29.0 Å². The lowest BCUT2D eigenvalue weighted by Crippen LogP contribution is -2.09. The van der Waals surface area contributed by atoms with Gasteiger partial charge >= 0.3 is 6.18 Å². The van der Waals surface area contributed by atoms with Gasteiger partial charge in [0.1, 0.15) is 5.69 Å². The van der Waals surface area contributed by atoms with Crippen molar-refractivity contribution in [3.8, 4) is 0 Å².